The summed E-state index contributed by atoms with van der Waals surface area (Å²) in [5.41, 5.74) is 9.47. The molecule has 12 aromatic rings. The molecule has 6 heteroatoms. The second-order valence-electron chi connectivity index (χ2n) is 14.3. The van der Waals surface area contributed by atoms with Gasteiger partial charge in [0.05, 0.1) is 0 Å². The topological polar surface area (TPSA) is 51.8 Å². The van der Waals surface area contributed by atoms with E-state index in [1.54, 1.807) is 0 Å². The van der Waals surface area contributed by atoms with Crippen LogP contribution in [0, 0.1) is 0 Å². The zero-order valence-corrected chi connectivity index (χ0v) is 31.9. The van der Waals surface area contributed by atoms with E-state index in [0.717, 1.165) is 44.2 Å². The van der Waals surface area contributed by atoms with E-state index in [-0.39, 0.29) is 0 Å². The van der Waals surface area contributed by atoms with Gasteiger partial charge in [-0.1, -0.05) is 152 Å². The van der Waals surface area contributed by atoms with E-state index in [2.05, 4.69) is 109 Å². The highest BCUT2D eigenvalue weighted by Crippen LogP contribution is 2.49. The van der Waals surface area contributed by atoms with Crippen molar-refractivity contribution in [3.63, 3.8) is 0 Å². The number of aromatic nitrogens is 3. The highest BCUT2D eigenvalue weighted by atomic mass is 32.1. The largest absolute Gasteiger partial charge is 0.455 e. The summed E-state index contributed by atoms with van der Waals surface area (Å²) in [5, 5.41) is 7.30. The van der Waals surface area contributed by atoms with Crippen LogP contribution in [0.1, 0.15) is 0 Å². The van der Waals surface area contributed by atoms with Gasteiger partial charge in [-0.3, -0.25) is 0 Å². The Kier molecular flexibility index (Phi) is 7.24. The molecule has 0 amide bonds. The fourth-order valence-corrected chi connectivity index (χ4v) is 10.8. The molecule has 0 aliphatic rings. The number of hydrogen-bond donors (Lipinski definition) is 0. The lowest BCUT2D eigenvalue weighted by Gasteiger charge is -2.12. The predicted octanol–water partition coefficient (Wildman–Crippen LogP) is 14.8. The molecule has 0 saturated carbocycles. The Hall–Kier alpha value is -6.99. The molecular weight excluding hydrogens is 735 g/mol. The van der Waals surface area contributed by atoms with Crippen LogP contribution in [-0.4, -0.2) is 15.0 Å². The van der Waals surface area contributed by atoms with Gasteiger partial charge in [0.2, 0.25) is 0 Å². The smallest absolute Gasteiger partial charge is 0.164 e. The van der Waals surface area contributed by atoms with E-state index in [0.29, 0.717) is 17.5 Å². The molecular formula is C51H29N3OS2. The summed E-state index contributed by atoms with van der Waals surface area (Å²) in [5.74, 6) is 1.97. The molecule has 266 valence electrons. The third kappa shape index (κ3) is 5.15. The van der Waals surface area contributed by atoms with Crippen molar-refractivity contribution in [3.05, 3.63) is 176 Å². The molecule has 4 aromatic heterocycles. The monoisotopic (exact) mass is 763 g/mol. The average molecular weight is 764 g/mol. The molecule has 0 unspecified atom stereocenters. The van der Waals surface area contributed by atoms with Gasteiger partial charge in [0.1, 0.15) is 11.2 Å². The van der Waals surface area contributed by atoms with Crippen molar-refractivity contribution in [2.45, 2.75) is 0 Å². The molecule has 0 N–H and O–H groups in total. The van der Waals surface area contributed by atoms with Gasteiger partial charge in [0, 0.05) is 78.9 Å². The molecule has 0 radical (unpaired) electrons. The Morgan fingerprint density at radius 3 is 1.72 bits per heavy atom. The van der Waals surface area contributed by atoms with Crippen LogP contribution in [0.25, 0.3) is 119 Å². The first-order valence-electron chi connectivity index (χ1n) is 18.9. The van der Waals surface area contributed by atoms with E-state index >= 15 is 0 Å². The van der Waals surface area contributed by atoms with E-state index in [9.17, 15) is 0 Å². The van der Waals surface area contributed by atoms with Crippen molar-refractivity contribution in [2.75, 3.05) is 0 Å². The number of nitrogens with zero attached hydrogens (tertiary/aromatic N) is 3. The van der Waals surface area contributed by atoms with E-state index in [1.807, 2.05) is 89.4 Å². The summed E-state index contributed by atoms with van der Waals surface area (Å²) in [6.07, 6.45) is 0. The molecule has 4 heterocycles. The molecule has 0 bridgehead atoms. The SMILES string of the molecule is c1ccc(-c2nc(-c3ccccc3)nc(-c3ccc4c(c3)sc3cccc(-c5ccc(-c6cccc7c6oc6ccccc67)c6sc7ccccc7c56)c34)n2)cc1. The Balaban J connectivity index is 1.05. The number of fused-ring (bicyclic) bond motifs is 9. The quantitative estimate of drug-likeness (QED) is 0.175. The number of furan rings is 1. The van der Waals surface area contributed by atoms with Crippen molar-refractivity contribution < 1.29 is 4.42 Å². The van der Waals surface area contributed by atoms with Crippen molar-refractivity contribution in [1.82, 2.24) is 15.0 Å². The molecule has 0 atom stereocenters. The molecule has 57 heavy (non-hydrogen) atoms. The normalized spacial score (nSPS) is 11.9. The Labute approximate surface area is 335 Å². The minimum atomic E-state index is 0.656. The molecule has 8 aromatic carbocycles. The Bertz CT molecular complexity index is 3470. The Morgan fingerprint density at radius 2 is 0.930 bits per heavy atom. The van der Waals surface area contributed by atoms with Crippen LogP contribution in [0.15, 0.2) is 180 Å². The van der Waals surface area contributed by atoms with Gasteiger partial charge in [0.25, 0.3) is 0 Å². The second kappa shape index (κ2) is 12.8. The summed E-state index contributed by atoms with van der Waals surface area (Å²) in [6.45, 7) is 0. The first kappa shape index (κ1) is 32.3. The maximum absolute atomic E-state index is 6.56. The number of hydrogen-bond acceptors (Lipinski definition) is 6. The predicted molar refractivity (Wildman–Crippen MR) is 240 cm³/mol. The second-order valence-corrected chi connectivity index (χ2v) is 16.4. The van der Waals surface area contributed by atoms with Gasteiger partial charge in [-0.05, 0) is 35.4 Å². The van der Waals surface area contributed by atoms with Crippen LogP contribution < -0.4 is 0 Å². The number of thiophene rings is 2. The first-order valence-corrected chi connectivity index (χ1v) is 20.6. The molecule has 0 aliphatic carbocycles. The molecule has 0 saturated heterocycles. The number of rotatable bonds is 5. The van der Waals surface area contributed by atoms with Crippen LogP contribution in [0.2, 0.25) is 0 Å². The van der Waals surface area contributed by atoms with Crippen LogP contribution >= 0.6 is 22.7 Å². The molecule has 0 fully saturated rings. The third-order valence-electron chi connectivity index (χ3n) is 11.0. The van der Waals surface area contributed by atoms with E-state index < -0.39 is 0 Å². The van der Waals surface area contributed by atoms with Crippen molar-refractivity contribution >= 4 is 85.0 Å². The summed E-state index contributed by atoms with van der Waals surface area (Å²) >= 11 is 3.67. The van der Waals surface area contributed by atoms with Gasteiger partial charge in [0.15, 0.2) is 17.5 Å². The summed E-state index contributed by atoms with van der Waals surface area (Å²) < 4.78 is 11.5. The summed E-state index contributed by atoms with van der Waals surface area (Å²) in [7, 11) is 0. The maximum atomic E-state index is 6.56. The van der Waals surface area contributed by atoms with Gasteiger partial charge in [-0.15, -0.1) is 22.7 Å². The fourth-order valence-electron chi connectivity index (χ4n) is 8.35. The number of benzene rings is 8. The minimum absolute atomic E-state index is 0.656. The zero-order chi connectivity index (χ0) is 37.5. The lowest BCUT2D eigenvalue weighted by molar-refractivity contribution is 0.670. The van der Waals surface area contributed by atoms with Gasteiger partial charge >= 0.3 is 0 Å². The highest BCUT2D eigenvalue weighted by Gasteiger charge is 2.21. The average Bonchev–Trinajstić information content (AvgIpc) is 3.98. The van der Waals surface area contributed by atoms with Crippen LogP contribution in [0.5, 0.6) is 0 Å². The lowest BCUT2D eigenvalue weighted by atomic mass is 9.92. The van der Waals surface area contributed by atoms with Crippen LogP contribution in [0.3, 0.4) is 0 Å². The van der Waals surface area contributed by atoms with Crippen LogP contribution in [-0.2, 0) is 0 Å². The Morgan fingerprint density at radius 1 is 0.351 bits per heavy atom. The highest BCUT2D eigenvalue weighted by molar-refractivity contribution is 7.26. The summed E-state index contributed by atoms with van der Waals surface area (Å²) in [6, 6.07) is 61.9. The van der Waals surface area contributed by atoms with Gasteiger partial charge in [-0.25, -0.2) is 15.0 Å². The molecule has 12 rings (SSSR count). The maximum Gasteiger partial charge on any atom is 0.164 e. The molecule has 4 nitrogen and oxygen atoms in total. The first-order chi connectivity index (χ1) is 28.2. The lowest BCUT2D eigenvalue weighted by Crippen LogP contribution is -1.99. The standard InChI is InChI=1S/C51H29N3OS2/c1-3-13-30(14-4-1)49-52-50(31-15-5-2-6-16-31)54-51(53-49)32-25-26-40-44(29-32)56-43-24-12-19-34(45(40)43)35-27-28-38(48-46(35)39-18-8-10-23-42(39)57-48)37-21-11-20-36-33-17-7-9-22-41(33)55-47(36)37/h1-29H. The van der Waals surface area contributed by atoms with Crippen LogP contribution in [0.4, 0.5) is 0 Å². The molecule has 0 aliphatic heterocycles. The van der Waals surface area contributed by atoms with Crippen molar-refractivity contribution in [1.29, 1.82) is 0 Å². The van der Waals surface area contributed by atoms with E-state index in [4.69, 9.17) is 19.4 Å². The zero-order valence-electron chi connectivity index (χ0n) is 30.3. The third-order valence-corrected chi connectivity index (χ3v) is 13.3. The molecule has 0 spiro atoms. The van der Waals surface area contributed by atoms with E-state index in [1.165, 1.54) is 57.0 Å². The van der Waals surface area contributed by atoms with Crippen molar-refractivity contribution in [2.24, 2.45) is 0 Å². The summed E-state index contributed by atoms with van der Waals surface area (Å²) in [4.78, 5) is 15.0. The van der Waals surface area contributed by atoms with Crippen molar-refractivity contribution in [3.8, 4) is 56.4 Å². The van der Waals surface area contributed by atoms with Gasteiger partial charge < -0.3 is 4.42 Å². The van der Waals surface area contributed by atoms with Gasteiger partial charge in [-0.2, -0.15) is 0 Å². The fraction of sp³-hybridized carbons (Fsp3) is 0. The number of para-hydroxylation sites is 2. The minimum Gasteiger partial charge on any atom is -0.455 e.